The summed E-state index contributed by atoms with van der Waals surface area (Å²) in [5, 5.41) is 5.35. The van der Waals surface area contributed by atoms with E-state index < -0.39 is 0 Å². The summed E-state index contributed by atoms with van der Waals surface area (Å²) in [7, 11) is 0. The molecule has 1 aliphatic carbocycles. The molecule has 2 N–H and O–H groups in total. The molecule has 1 aromatic carbocycles. The van der Waals surface area contributed by atoms with E-state index >= 15 is 0 Å². The van der Waals surface area contributed by atoms with E-state index in [0.29, 0.717) is 11.0 Å². The number of nitrogens with two attached hydrogens (primary N) is 1. The number of nitrogen functional groups attached to an aromatic ring is 1. The maximum Gasteiger partial charge on any atom is 0.180 e. The van der Waals surface area contributed by atoms with Crippen LogP contribution in [0.2, 0.25) is 0 Å². The van der Waals surface area contributed by atoms with E-state index in [2.05, 4.69) is 17.1 Å². The van der Waals surface area contributed by atoms with Gasteiger partial charge in [0.05, 0.1) is 11.4 Å². The highest BCUT2D eigenvalue weighted by Gasteiger charge is 2.29. The van der Waals surface area contributed by atoms with Gasteiger partial charge in [-0.25, -0.2) is 14.6 Å². The first-order valence-corrected chi connectivity index (χ1v) is 8.25. The number of hydrogen-bond acceptors (Lipinski definition) is 5. The van der Waals surface area contributed by atoms with E-state index in [9.17, 15) is 0 Å². The van der Waals surface area contributed by atoms with Gasteiger partial charge in [-0.1, -0.05) is 18.2 Å². The molecule has 22 heavy (non-hydrogen) atoms. The van der Waals surface area contributed by atoms with Crippen molar-refractivity contribution in [2.45, 2.75) is 32.1 Å². The Hall–Kier alpha value is -2.21. The van der Waals surface area contributed by atoms with Crippen LogP contribution in [0.4, 0.5) is 5.13 Å². The summed E-state index contributed by atoms with van der Waals surface area (Å²) in [5.41, 5.74) is 7.84. The number of nitrogens with zero attached hydrogens (tertiary/aromatic N) is 4. The highest BCUT2D eigenvalue weighted by atomic mass is 32.1. The molecule has 4 rings (SSSR count). The molecular weight excluding hydrogens is 294 g/mol. The van der Waals surface area contributed by atoms with E-state index in [-0.39, 0.29) is 0 Å². The van der Waals surface area contributed by atoms with Gasteiger partial charge in [-0.05, 0) is 31.9 Å². The van der Waals surface area contributed by atoms with Gasteiger partial charge in [0.15, 0.2) is 11.0 Å². The Bertz CT molecular complexity index is 801. The van der Waals surface area contributed by atoms with Crippen LogP contribution in [-0.2, 0) is 6.42 Å². The lowest BCUT2D eigenvalue weighted by molar-refractivity contribution is 0.798. The van der Waals surface area contributed by atoms with Gasteiger partial charge in [-0.2, -0.15) is 5.10 Å². The predicted octanol–water partition coefficient (Wildman–Crippen LogP) is 3.08. The molecule has 0 spiro atoms. The van der Waals surface area contributed by atoms with Gasteiger partial charge >= 0.3 is 0 Å². The Kier molecular flexibility index (Phi) is 3.18. The molecule has 0 amide bonds. The van der Waals surface area contributed by atoms with Crippen molar-refractivity contribution < 1.29 is 0 Å². The fourth-order valence-corrected chi connectivity index (χ4v) is 3.35. The van der Waals surface area contributed by atoms with Gasteiger partial charge < -0.3 is 5.73 Å². The molecule has 112 valence electrons. The number of hydrogen-bond donors (Lipinski definition) is 1. The van der Waals surface area contributed by atoms with Crippen molar-refractivity contribution >= 4 is 16.5 Å². The fourth-order valence-electron chi connectivity index (χ4n) is 2.53. The predicted molar refractivity (Wildman–Crippen MR) is 87.4 cm³/mol. The van der Waals surface area contributed by atoms with Crippen LogP contribution in [0.1, 0.15) is 41.0 Å². The average Bonchev–Trinajstić information content (AvgIpc) is 3.21. The van der Waals surface area contributed by atoms with Crippen LogP contribution in [0.15, 0.2) is 30.3 Å². The van der Waals surface area contributed by atoms with Crippen molar-refractivity contribution in [1.29, 1.82) is 0 Å². The Morgan fingerprint density at radius 2 is 2.00 bits per heavy atom. The highest BCUT2D eigenvalue weighted by molar-refractivity contribution is 7.15. The zero-order valence-corrected chi connectivity index (χ0v) is 13.2. The van der Waals surface area contributed by atoms with E-state index in [1.165, 1.54) is 24.2 Å². The van der Waals surface area contributed by atoms with E-state index in [4.69, 9.17) is 15.8 Å². The SMILES string of the molecule is Cc1nc(N)sc1Cc1nc(C2CC2)nn1-c1ccccc1. The van der Waals surface area contributed by atoms with Crippen LogP contribution >= 0.6 is 11.3 Å². The second-order valence-electron chi connectivity index (χ2n) is 5.65. The smallest absolute Gasteiger partial charge is 0.180 e. The quantitative estimate of drug-likeness (QED) is 0.804. The number of para-hydroxylation sites is 1. The van der Waals surface area contributed by atoms with Crippen molar-refractivity contribution in [3.8, 4) is 5.69 Å². The molecule has 3 aromatic rings. The maximum absolute atomic E-state index is 5.81. The first-order chi connectivity index (χ1) is 10.7. The van der Waals surface area contributed by atoms with Gasteiger partial charge in [0.25, 0.3) is 0 Å². The zero-order valence-electron chi connectivity index (χ0n) is 12.4. The number of aromatic nitrogens is 4. The number of benzene rings is 1. The average molecular weight is 311 g/mol. The molecule has 0 aliphatic heterocycles. The molecule has 0 saturated heterocycles. The van der Waals surface area contributed by atoms with Crippen molar-refractivity contribution in [3.63, 3.8) is 0 Å². The summed E-state index contributed by atoms with van der Waals surface area (Å²) in [6.45, 7) is 1.99. The molecule has 6 heteroatoms. The minimum atomic E-state index is 0.538. The summed E-state index contributed by atoms with van der Waals surface area (Å²) >= 11 is 1.53. The fraction of sp³-hybridized carbons (Fsp3) is 0.312. The molecule has 0 bridgehead atoms. The number of anilines is 1. The van der Waals surface area contributed by atoms with Crippen LogP contribution in [0.25, 0.3) is 5.69 Å². The highest BCUT2D eigenvalue weighted by Crippen LogP contribution is 2.38. The summed E-state index contributed by atoms with van der Waals surface area (Å²) in [5.74, 6) is 2.46. The summed E-state index contributed by atoms with van der Waals surface area (Å²) in [6, 6.07) is 10.2. The molecule has 1 aliphatic rings. The van der Waals surface area contributed by atoms with Crippen LogP contribution in [0, 0.1) is 6.92 Å². The minimum absolute atomic E-state index is 0.538. The zero-order chi connectivity index (χ0) is 15.1. The Morgan fingerprint density at radius 1 is 1.23 bits per heavy atom. The van der Waals surface area contributed by atoms with E-state index in [0.717, 1.165) is 34.3 Å². The topological polar surface area (TPSA) is 69.6 Å². The first kappa shape index (κ1) is 13.5. The standard InChI is InChI=1S/C16H17N5S/c1-10-13(22-16(17)18-10)9-14-19-15(11-7-8-11)20-21(14)12-5-3-2-4-6-12/h2-6,11H,7-9H2,1H3,(H2,17,18). The van der Waals surface area contributed by atoms with Crippen molar-refractivity contribution in [2.75, 3.05) is 5.73 Å². The van der Waals surface area contributed by atoms with Crippen LogP contribution < -0.4 is 5.73 Å². The molecule has 1 fully saturated rings. The second-order valence-corrected chi connectivity index (χ2v) is 6.76. The lowest BCUT2D eigenvalue weighted by Crippen LogP contribution is -2.03. The van der Waals surface area contributed by atoms with E-state index in [1.807, 2.05) is 29.8 Å². The van der Waals surface area contributed by atoms with Crippen LogP contribution in [0.5, 0.6) is 0 Å². The first-order valence-electron chi connectivity index (χ1n) is 7.44. The third kappa shape index (κ3) is 2.50. The third-order valence-corrected chi connectivity index (χ3v) is 4.85. The molecule has 5 nitrogen and oxygen atoms in total. The van der Waals surface area contributed by atoms with Crippen LogP contribution in [0.3, 0.4) is 0 Å². The van der Waals surface area contributed by atoms with Crippen molar-refractivity contribution in [1.82, 2.24) is 19.7 Å². The minimum Gasteiger partial charge on any atom is -0.375 e. The lowest BCUT2D eigenvalue weighted by atomic mass is 10.2. The summed E-state index contributed by atoms with van der Waals surface area (Å²) < 4.78 is 1.96. The molecule has 1 saturated carbocycles. The molecule has 0 atom stereocenters. The number of aryl methyl sites for hydroxylation is 1. The molecule has 0 radical (unpaired) electrons. The van der Waals surface area contributed by atoms with Gasteiger partial charge in [0.2, 0.25) is 0 Å². The molecular formula is C16H17N5S. The Balaban J connectivity index is 1.75. The second kappa shape index (κ2) is 5.21. The Morgan fingerprint density at radius 3 is 2.64 bits per heavy atom. The summed E-state index contributed by atoms with van der Waals surface area (Å²) in [6.07, 6.45) is 3.12. The monoisotopic (exact) mass is 311 g/mol. The Labute approximate surface area is 132 Å². The number of rotatable bonds is 4. The largest absolute Gasteiger partial charge is 0.375 e. The van der Waals surface area contributed by atoms with E-state index in [1.54, 1.807) is 0 Å². The molecule has 2 aromatic heterocycles. The normalized spacial score (nSPS) is 14.4. The number of thiazole rings is 1. The maximum atomic E-state index is 5.81. The van der Waals surface area contributed by atoms with Gasteiger partial charge in [-0.15, -0.1) is 11.3 Å². The van der Waals surface area contributed by atoms with Gasteiger partial charge in [0.1, 0.15) is 5.82 Å². The van der Waals surface area contributed by atoms with Crippen LogP contribution in [-0.4, -0.2) is 19.7 Å². The lowest BCUT2D eigenvalue weighted by Gasteiger charge is -2.04. The van der Waals surface area contributed by atoms with Gasteiger partial charge in [-0.3, -0.25) is 0 Å². The molecule has 0 unspecified atom stereocenters. The van der Waals surface area contributed by atoms with Gasteiger partial charge in [0, 0.05) is 17.2 Å². The van der Waals surface area contributed by atoms with Crippen molar-refractivity contribution in [2.24, 2.45) is 0 Å². The third-order valence-electron chi connectivity index (χ3n) is 3.86. The van der Waals surface area contributed by atoms with Crippen molar-refractivity contribution in [3.05, 3.63) is 52.6 Å². The molecule has 2 heterocycles. The summed E-state index contributed by atoms with van der Waals surface area (Å²) in [4.78, 5) is 10.2.